The molecule has 0 bridgehead atoms. The lowest BCUT2D eigenvalue weighted by atomic mass is 10.3. The zero-order valence-corrected chi connectivity index (χ0v) is 8.42. The fourth-order valence-corrected chi connectivity index (χ4v) is 1.72. The summed E-state index contributed by atoms with van der Waals surface area (Å²) in [5.41, 5.74) is 0.751. The molecule has 3 heteroatoms. The van der Waals surface area contributed by atoms with Gasteiger partial charge in [-0.3, -0.25) is 0 Å². The van der Waals surface area contributed by atoms with Crippen LogP contribution in [-0.4, -0.2) is 15.7 Å². The lowest BCUT2D eigenvalue weighted by Crippen LogP contribution is -1.85. The fourth-order valence-electron chi connectivity index (χ4n) is 1.11. The number of nitrogens with zero attached hydrogens (tertiary/aromatic N) is 2. The molecule has 2 aromatic heterocycles. The number of hydrogen-bond acceptors (Lipinski definition) is 3. The van der Waals surface area contributed by atoms with Crippen molar-refractivity contribution in [2.45, 2.75) is 5.03 Å². The van der Waals surface area contributed by atoms with E-state index < -0.39 is 0 Å². The molecule has 2 heterocycles. The number of fused-ring (bicyclic) bond motifs is 1. The van der Waals surface area contributed by atoms with E-state index in [-0.39, 0.29) is 0 Å². The van der Waals surface area contributed by atoms with Crippen molar-refractivity contribution < 1.29 is 0 Å². The van der Waals surface area contributed by atoms with E-state index in [4.69, 9.17) is 0 Å². The van der Waals surface area contributed by atoms with Crippen LogP contribution in [0.3, 0.4) is 0 Å². The first-order chi connectivity index (χ1) is 6.90. The third-order valence-corrected chi connectivity index (χ3v) is 2.66. The normalized spacial score (nSPS) is 10.3. The Labute approximate surface area is 87.1 Å². The second kappa shape index (κ2) is 4.24. The second-order valence-corrected chi connectivity index (χ2v) is 3.78. The van der Waals surface area contributed by atoms with Gasteiger partial charge in [0.2, 0.25) is 0 Å². The Morgan fingerprint density at radius 2 is 2.36 bits per heavy atom. The second-order valence-electron chi connectivity index (χ2n) is 2.74. The summed E-state index contributed by atoms with van der Waals surface area (Å²) < 4.78 is 0. The molecule has 0 aliphatic rings. The largest absolute Gasteiger partial charge is 0.226 e. The molecule has 0 aromatic carbocycles. The minimum atomic E-state index is 0.751. The molecule has 14 heavy (non-hydrogen) atoms. The van der Waals surface area contributed by atoms with Crippen LogP contribution in [0.2, 0.25) is 0 Å². The smallest absolute Gasteiger partial charge is 0.161 e. The molecular formula is C11H9N2S. The molecule has 0 spiro atoms. The summed E-state index contributed by atoms with van der Waals surface area (Å²) in [6.45, 7) is 3.67. The van der Waals surface area contributed by atoms with Crippen LogP contribution in [0.5, 0.6) is 0 Å². The van der Waals surface area contributed by atoms with Gasteiger partial charge in [-0.2, -0.15) is 0 Å². The first kappa shape index (κ1) is 9.21. The van der Waals surface area contributed by atoms with E-state index in [1.807, 2.05) is 24.3 Å². The predicted molar refractivity (Wildman–Crippen MR) is 59.3 cm³/mol. The van der Waals surface area contributed by atoms with Gasteiger partial charge in [0.1, 0.15) is 0 Å². The minimum Gasteiger partial charge on any atom is -0.226 e. The average Bonchev–Trinajstić information content (AvgIpc) is 2.26. The maximum atomic E-state index is 4.39. The summed E-state index contributed by atoms with van der Waals surface area (Å²) in [6.07, 6.45) is 4.64. The van der Waals surface area contributed by atoms with E-state index in [0.29, 0.717) is 0 Å². The SMILES string of the molecule is C=CCSc1ccc2cc[c]nc2n1. The minimum absolute atomic E-state index is 0.751. The highest BCUT2D eigenvalue weighted by molar-refractivity contribution is 7.99. The molecule has 2 aromatic rings. The molecule has 0 unspecified atom stereocenters. The summed E-state index contributed by atoms with van der Waals surface area (Å²) in [6, 6.07) is 7.77. The molecule has 0 aliphatic heterocycles. The Balaban J connectivity index is 2.36. The fraction of sp³-hybridized carbons (Fsp3) is 0.0909. The van der Waals surface area contributed by atoms with Crippen LogP contribution in [0.15, 0.2) is 41.9 Å². The van der Waals surface area contributed by atoms with Crippen LogP contribution in [0, 0.1) is 6.20 Å². The van der Waals surface area contributed by atoms with Crippen LogP contribution in [0.25, 0.3) is 11.0 Å². The standard InChI is InChI=1S/C11H9N2S/c1-2-8-14-10-6-5-9-4-3-7-12-11(9)13-10/h2-6H,1,8H2. The quantitative estimate of drug-likeness (QED) is 0.564. The van der Waals surface area contributed by atoms with Gasteiger partial charge in [-0.05, 0) is 24.3 Å². The molecule has 69 valence electrons. The van der Waals surface area contributed by atoms with E-state index >= 15 is 0 Å². The predicted octanol–water partition coefficient (Wildman–Crippen LogP) is 2.71. The molecule has 0 aliphatic carbocycles. The monoisotopic (exact) mass is 201 g/mol. The summed E-state index contributed by atoms with van der Waals surface area (Å²) in [5, 5.41) is 2.02. The molecule has 1 radical (unpaired) electrons. The highest BCUT2D eigenvalue weighted by atomic mass is 32.2. The Bertz CT molecular complexity index is 454. The van der Waals surface area contributed by atoms with Crippen LogP contribution >= 0.6 is 11.8 Å². The van der Waals surface area contributed by atoms with Crippen molar-refractivity contribution >= 4 is 22.8 Å². The van der Waals surface area contributed by atoms with Gasteiger partial charge in [-0.1, -0.05) is 6.08 Å². The average molecular weight is 201 g/mol. The van der Waals surface area contributed by atoms with Crippen molar-refractivity contribution in [1.82, 2.24) is 9.97 Å². The molecule has 2 rings (SSSR count). The lowest BCUT2D eigenvalue weighted by molar-refractivity contribution is 1.15. The molecule has 0 saturated carbocycles. The molecule has 0 amide bonds. The molecule has 0 saturated heterocycles. The van der Waals surface area contributed by atoms with E-state index in [9.17, 15) is 0 Å². The van der Waals surface area contributed by atoms with Gasteiger partial charge in [0.15, 0.2) is 5.65 Å². The molecule has 0 N–H and O–H groups in total. The summed E-state index contributed by atoms with van der Waals surface area (Å²) >= 11 is 1.65. The van der Waals surface area contributed by atoms with Gasteiger partial charge in [0.25, 0.3) is 0 Å². The van der Waals surface area contributed by atoms with Gasteiger partial charge in [-0.25, -0.2) is 9.97 Å². The van der Waals surface area contributed by atoms with Crippen molar-refractivity contribution in [3.05, 3.63) is 43.1 Å². The zero-order valence-electron chi connectivity index (χ0n) is 7.60. The van der Waals surface area contributed by atoms with Crippen LogP contribution < -0.4 is 0 Å². The first-order valence-corrected chi connectivity index (χ1v) is 5.26. The molecular weight excluding hydrogens is 192 g/mol. The third-order valence-electron chi connectivity index (χ3n) is 1.74. The number of hydrogen-bond donors (Lipinski definition) is 0. The maximum absolute atomic E-state index is 4.39. The van der Waals surface area contributed by atoms with Gasteiger partial charge >= 0.3 is 0 Å². The van der Waals surface area contributed by atoms with E-state index in [2.05, 4.69) is 22.7 Å². The van der Waals surface area contributed by atoms with Gasteiger partial charge in [0.05, 0.1) is 11.2 Å². The lowest BCUT2D eigenvalue weighted by Gasteiger charge is -1.99. The Morgan fingerprint density at radius 1 is 1.43 bits per heavy atom. The molecule has 0 atom stereocenters. The Hall–Kier alpha value is -1.35. The topological polar surface area (TPSA) is 25.8 Å². The Kier molecular flexibility index (Phi) is 2.79. The summed E-state index contributed by atoms with van der Waals surface area (Å²) in [7, 11) is 0. The van der Waals surface area contributed by atoms with E-state index in [1.54, 1.807) is 17.8 Å². The van der Waals surface area contributed by atoms with Crippen molar-refractivity contribution in [1.29, 1.82) is 0 Å². The van der Waals surface area contributed by atoms with Crippen molar-refractivity contribution in [3.8, 4) is 0 Å². The third kappa shape index (κ3) is 1.93. The highest BCUT2D eigenvalue weighted by Gasteiger charge is 1.97. The maximum Gasteiger partial charge on any atom is 0.161 e. The first-order valence-electron chi connectivity index (χ1n) is 4.28. The highest BCUT2D eigenvalue weighted by Crippen LogP contribution is 2.18. The summed E-state index contributed by atoms with van der Waals surface area (Å²) in [5.74, 6) is 0.870. The van der Waals surface area contributed by atoms with Crippen LogP contribution in [0.1, 0.15) is 0 Å². The number of pyridine rings is 2. The number of rotatable bonds is 3. The van der Waals surface area contributed by atoms with Crippen LogP contribution in [-0.2, 0) is 0 Å². The Morgan fingerprint density at radius 3 is 3.21 bits per heavy atom. The van der Waals surface area contributed by atoms with Crippen molar-refractivity contribution in [2.24, 2.45) is 0 Å². The van der Waals surface area contributed by atoms with Crippen molar-refractivity contribution in [2.75, 3.05) is 5.75 Å². The molecule has 2 nitrogen and oxygen atoms in total. The van der Waals surface area contributed by atoms with Gasteiger partial charge in [0, 0.05) is 11.1 Å². The van der Waals surface area contributed by atoms with Crippen LogP contribution in [0.4, 0.5) is 0 Å². The number of aromatic nitrogens is 2. The van der Waals surface area contributed by atoms with Gasteiger partial charge in [-0.15, -0.1) is 18.3 Å². The zero-order chi connectivity index (χ0) is 9.80. The van der Waals surface area contributed by atoms with Gasteiger partial charge < -0.3 is 0 Å². The molecule has 0 fully saturated rings. The van der Waals surface area contributed by atoms with E-state index in [1.165, 1.54) is 0 Å². The van der Waals surface area contributed by atoms with Crippen molar-refractivity contribution in [3.63, 3.8) is 0 Å². The number of thioether (sulfide) groups is 1. The van der Waals surface area contributed by atoms with E-state index in [0.717, 1.165) is 21.8 Å². The summed E-state index contributed by atoms with van der Waals surface area (Å²) in [4.78, 5) is 8.46.